The van der Waals surface area contributed by atoms with Gasteiger partial charge >= 0.3 is 5.63 Å². The van der Waals surface area contributed by atoms with Crippen molar-refractivity contribution in [3.8, 4) is 28.4 Å². The number of nitrogens with two attached hydrogens (primary N) is 2. The minimum Gasteiger partial charge on any atom is -0.496 e. The maximum Gasteiger partial charge on any atom is 0.379 e. The van der Waals surface area contributed by atoms with Gasteiger partial charge in [-0.15, -0.1) is 10.2 Å². The van der Waals surface area contributed by atoms with Crippen LogP contribution in [0, 0.1) is 0 Å². The predicted octanol–water partition coefficient (Wildman–Crippen LogP) is 1.61. The lowest BCUT2D eigenvalue weighted by molar-refractivity contribution is -0.0156. The summed E-state index contributed by atoms with van der Waals surface area (Å²) in [5, 5.41) is 10.6. The highest BCUT2D eigenvalue weighted by Crippen LogP contribution is 2.42. The third-order valence-electron chi connectivity index (χ3n) is 6.30. The van der Waals surface area contributed by atoms with Gasteiger partial charge in [0.05, 0.1) is 45.6 Å². The fourth-order valence-corrected chi connectivity index (χ4v) is 4.95. The van der Waals surface area contributed by atoms with Gasteiger partial charge in [0.25, 0.3) is 5.91 Å². The zero-order chi connectivity index (χ0) is 30.8. The van der Waals surface area contributed by atoms with Crippen LogP contribution in [-0.4, -0.2) is 93.7 Å². The molecular weight excluding hydrogens is 582 g/mol. The fraction of sp³-hybridized carbons (Fsp3) is 0.370. The van der Waals surface area contributed by atoms with Crippen LogP contribution in [0.15, 0.2) is 50.7 Å². The van der Waals surface area contributed by atoms with Crippen molar-refractivity contribution in [2.45, 2.75) is 6.04 Å². The van der Waals surface area contributed by atoms with E-state index in [-0.39, 0.29) is 45.8 Å². The Kier molecular flexibility index (Phi) is 11.0. The molecule has 16 heteroatoms. The van der Waals surface area contributed by atoms with Crippen LogP contribution in [-0.2, 0) is 9.47 Å². The van der Waals surface area contributed by atoms with Crippen molar-refractivity contribution in [2.24, 2.45) is 16.5 Å². The zero-order valence-corrected chi connectivity index (χ0v) is 24.7. The number of anilines is 1. The first kappa shape index (κ1) is 31.4. The van der Waals surface area contributed by atoms with Crippen molar-refractivity contribution < 1.29 is 32.9 Å². The Bertz CT molecular complexity index is 1490. The number of amides is 1. The van der Waals surface area contributed by atoms with Gasteiger partial charge in [-0.1, -0.05) is 17.4 Å². The van der Waals surface area contributed by atoms with E-state index >= 15 is 0 Å². The van der Waals surface area contributed by atoms with Crippen molar-refractivity contribution in [3.63, 3.8) is 0 Å². The number of hydrogen-bond acceptors (Lipinski definition) is 14. The van der Waals surface area contributed by atoms with Crippen LogP contribution in [0.1, 0.15) is 10.6 Å². The van der Waals surface area contributed by atoms with Crippen LogP contribution in [0.25, 0.3) is 11.1 Å². The second-order valence-corrected chi connectivity index (χ2v) is 9.94. The van der Waals surface area contributed by atoms with E-state index < -0.39 is 11.5 Å². The van der Waals surface area contributed by atoms with Crippen LogP contribution in [0.2, 0.25) is 0 Å². The number of nitrogens with one attached hydrogen (secondary N) is 1. The molecule has 15 nitrogen and oxygen atoms in total. The van der Waals surface area contributed by atoms with Crippen molar-refractivity contribution in [2.75, 3.05) is 66.2 Å². The summed E-state index contributed by atoms with van der Waals surface area (Å²) in [6, 6.07) is 6.35. The normalized spacial score (nSPS) is 14.9. The van der Waals surface area contributed by atoms with Gasteiger partial charge in [0.2, 0.25) is 16.0 Å². The van der Waals surface area contributed by atoms with E-state index in [0.29, 0.717) is 50.0 Å². The molecule has 1 atom stereocenters. The molecule has 1 fully saturated rings. The molecule has 1 saturated heterocycles. The minimum atomic E-state index is -0.877. The van der Waals surface area contributed by atoms with Gasteiger partial charge in [-0.25, -0.2) is 9.79 Å². The van der Waals surface area contributed by atoms with E-state index in [1.165, 1.54) is 32.6 Å². The monoisotopic (exact) mass is 615 g/mol. The topological polar surface area (TPSA) is 199 Å². The molecule has 0 aliphatic carbocycles. The van der Waals surface area contributed by atoms with Crippen molar-refractivity contribution in [3.05, 3.63) is 52.7 Å². The molecule has 1 unspecified atom stereocenters. The number of carbonyl (C=O) groups is 1. The van der Waals surface area contributed by atoms with Crippen molar-refractivity contribution in [1.29, 1.82) is 0 Å². The molecule has 0 spiro atoms. The lowest BCUT2D eigenvalue weighted by Crippen LogP contribution is -2.48. The molecule has 0 bridgehead atoms. The van der Waals surface area contributed by atoms with Crippen LogP contribution in [0.4, 0.5) is 10.3 Å². The third kappa shape index (κ3) is 7.86. The molecular formula is C27H33N7O8S. The second kappa shape index (κ2) is 15.1. The first-order valence-electron chi connectivity index (χ1n) is 13.1. The molecule has 230 valence electrons. The number of rotatable bonds is 13. The van der Waals surface area contributed by atoms with Gasteiger partial charge in [-0.05, 0) is 30.5 Å². The summed E-state index contributed by atoms with van der Waals surface area (Å²) < 4.78 is 33.6. The Morgan fingerprint density at radius 3 is 2.56 bits per heavy atom. The molecule has 5 N–H and O–H groups in total. The minimum absolute atomic E-state index is 0.0978. The maximum absolute atomic E-state index is 13.4. The van der Waals surface area contributed by atoms with Crippen LogP contribution < -0.4 is 36.6 Å². The third-order valence-corrected chi connectivity index (χ3v) is 7.03. The number of hydrogen-bond donors (Lipinski definition) is 3. The van der Waals surface area contributed by atoms with Crippen LogP contribution in [0.5, 0.6) is 17.2 Å². The maximum atomic E-state index is 13.4. The number of aliphatic imine (C=N–C) groups is 1. The molecule has 3 heterocycles. The van der Waals surface area contributed by atoms with Gasteiger partial charge in [0.15, 0.2) is 5.76 Å². The highest BCUT2D eigenvalue weighted by Gasteiger charge is 2.27. The highest BCUT2D eigenvalue weighted by molar-refractivity contribution is 7.18. The molecule has 2 aromatic heterocycles. The lowest BCUT2D eigenvalue weighted by atomic mass is 10.0. The van der Waals surface area contributed by atoms with E-state index in [2.05, 4.69) is 25.4 Å². The number of ether oxygens (including phenoxy) is 5. The number of morpholine rings is 1. The summed E-state index contributed by atoms with van der Waals surface area (Å²) in [6.45, 7) is 3.00. The zero-order valence-electron chi connectivity index (χ0n) is 23.9. The molecule has 1 amide bonds. The average molecular weight is 616 g/mol. The predicted molar refractivity (Wildman–Crippen MR) is 160 cm³/mol. The van der Waals surface area contributed by atoms with Gasteiger partial charge in [0, 0.05) is 25.8 Å². The number of carbonyl (C=O) groups excluding carboxylic acids is 1. The summed E-state index contributed by atoms with van der Waals surface area (Å²) in [5.74, 6) is -0.310. The standard InChI is InChI=1S/C27H33N7O8S/c1-37-14-16(34-9-11-40-12-10-34)15-41-23-17(22-18(38-2)5-4-6-19(22)39-3)13-20(42-25(23)36)24(35)31-27-33-32-26(43-27)30-21(29)7-8-28/h4-8,13,16H,9-12,14-15,28H2,1-3H3,(H2,29,30,32)(H,31,33,35)/b8-7-. The van der Waals surface area contributed by atoms with Gasteiger partial charge in [-0.2, -0.15) is 0 Å². The lowest BCUT2D eigenvalue weighted by Gasteiger charge is -2.33. The average Bonchev–Trinajstić information content (AvgIpc) is 3.45. The number of nitrogens with zero attached hydrogens (tertiary/aromatic N) is 4. The number of amidine groups is 1. The van der Waals surface area contributed by atoms with E-state index in [1.54, 1.807) is 25.3 Å². The molecule has 1 aromatic carbocycles. The summed E-state index contributed by atoms with van der Waals surface area (Å²) >= 11 is 0.953. The number of aromatic nitrogens is 2. The number of benzene rings is 1. The molecule has 4 rings (SSSR count). The van der Waals surface area contributed by atoms with Crippen LogP contribution in [0.3, 0.4) is 0 Å². The van der Waals surface area contributed by atoms with Crippen molar-refractivity contribution >= 4 is 33.3 Å². The SMILES string of the molecule is COCC(COc1c(-c2c(OC)cccc2OC)cc(C(=O)Nc2nnc(/N=C(N)/C=C\N)s2)oc1=O)N1CCOCC1. The second-order valence-electron chi connectivity index (χ2n) is 8.99. The highest BCUT2D eigenvalue weighted by atomic mass is 32.1. The van der Waals surface area contributed by atoms with E-state index in [1.807, 2.05) is 0 Å². The van der Waals surface area contributed by atoms with E-state index in [0.717, 1.165) is 11.3 Å². The smallest absolute Gasteiger partial charge is 0.379 e. The Balaban J connectivity index is 1.70. The summed E-state index contributed by atoms with van der Waals surface area (Å²) in [7, 11) is 4.56. The molecule has 1 aliphatic heterocycles. The molecule has 1 aliphatic rings. The molecule has 3 aromatic rings. The summed E-state index contributed by atoms with van der Waals surface area (Å²) in [5.41, 5.74) is 10.8. The Labute approximate surface area is 251 Å². The number of methoxy groups -OCH3 is 3. The van der Waals surface area contributed by atoms with Gasteiger partial charge in [-0.3, -0.25) is 15.0 Å². The van der Waals surface area contributed by atoms with Crippen molar-refractivity contribution in [1.82, 2.24) is 15.1 Å². The Hall–Kier alpha value is -4.51. The Morgan fingerprint density at radius 2 is 1.91 bits per heavy atom. The fourth-order valence-electron chi connectivity index (χ4n) is 4.32. The Morgan fingerprint density at radius 1 is 1.19 bits per heavy atom. The molecule has 0 saturated carbocycles. The largest absolute Gasteiger partial charge is 0.496 e. The van der Waals surface area contributed by atoms with E-state index in [9.17, 15) is 9.59 Å². The van der Waals surface area contributed by atoms with Gasteiger partial charge < -0.3 is 39.6 Å². The van der Waals surface area contributed by atoms with Crippen LogP contribution >= 0.6 is 11.3 Å². The quantitative estimate of drug-likeness (QED) is 0.185. The summed E-state index contributed by atoms with van der Waals surface area (Å²) in [6.07, 6.45) is 2.61. The first-order chi connectivity index (χ1) is 20.9. The molecule has 0 radical (unpaired) electrons. The first-order valence-corrected chi connectivity index (χ1v) is 13.9. The summed E-state index contributed by atoms with van der Waals surface area (Å²) in [4.78, 5) is 32.9. The van der Waals surface area contributed by atoms with Gasteiger partial charge in [0.1, 0.15) is 23.9 Å². The molecule has 43 heavy (non-hydrogen) atoms. The van der Waals surface area contributed by atoms with E-state index in [4.69, 9.17) is 39.6 Å².